The summed E-state index contributed by atoms with van der Waals surface area (Å²) in [5, 5.41) is 0. The first kappa shape index (κ1) is 6.06. The molecule has 0 fully saturated rings. The topological polar surface area (TPSA) is 9.23 Å². The lowest BCUT2D eigenvalue weighted by Gasteiger charge is -1.97. The van der Waals surface area contributed by atoms with Crippen LogP contribution >= 0.6 is 0 Å². The lowest BCUT2D eigenvalue weighted by atomic mass is 10.1. The van der Waals surface area contributed by atoms with Crippen molar-refractivity contribution in [3.63, 3.8) is 0 Å². The summed E-state index contributed by atoms with van der Waals surface area (Å²) in [4.78, 5) is 0. The molecule has 0 saturated carbocycles. The molecule has 1 aliphatic carbocycles. The average Bonchev–Trinajstić information content (AvgIpc) is 2.62. The van der Waals surface area contributed by atoms with Crippen LogP contribution in [0.1, 0.15) is 11.1 Å². The van der Waals surface area contributed by atoms with E-state index in [0.717, 1.165) is 12.4 Å². The van der Waals surface area contributed by atoms with E-state index in [4.69, 9.17) is 4.74 Å². The third-order valence-corrected chi connectivity index (χ3v) is 2.33. The Hall–Kier alpha value is -1.50. The minimum Gasteiger partial charge on any atom is -0.489 e. The van der Waals surface area contributed by atoms with Gasteiger partial charge in [0.1, 0.15) is 12.4 Å². The van der Waals surface area contributed by atoms with Gasteiger partial charge in [-0.1, -0.05) is 24.3 Å². The van der Waals surface area contributed by atoms with E-state index in [0.29, 0.717) is 0 Å². The van der Waals surface area contributed by atoms with Gasteiger partial charge in [0.05, 0.1) is 0 Å². The third kappa shape index (κ3) is 0.632. The van der Waals surface area contributed by atoms with E-state index in [2.05, 4.69) is 36.4 Å². The van der Waals surface area contributed by atoms with Gasteiger partial charge in [0.15, 0.2) is 0 Å². The second-order valence-electron chi connectivity index (χ2n) is 3.02. The molecular weight excluding hydrogens is 148 g/mol. The number of hydrogen-bond donors (Lipinski definition) is 0. The maximum atomic E-state index is 5.43. The molecule has 0 radical (unpaired) electrons. The van der Waals surface area contributed by atoms with Crippen LogP contribution in [-0.4, -0.2) is 6.61 Å². The summed E-state index contributed by atoms with van der Waals surface area (Å²) in [5.74, 6) is 1.04. The molecule has 12 heavy (non-hydrogen) atoms. The molecule has 0 spiro atoms. The molecule has 0 unspecified atom stereocenters. The normalized spacial score (nSPS) is 17.7. The summed E-state index contributed by atoms with van der Waals surface area (Å²) in [6.45, 7) is 0.732. The molecule has 1 aromatic carbocycles. The van der Waals surface area contributed by atoms with Crippen molar-refractivity contribution in [1.82, 2.24) is 0 Å². The highest BCUT2D eigenvalue weighted by Gasteiger charge is 2.22. The zero-order chi connectivity index (χ0) is 7.97. The quantitative estimate of drug-likeness (QED) is 0.560. The van der Waals surface area contributed by atoms with Crippen LogP contribution in [0.5, 0.6) is 0 Å². The second-order valence-corrected chi connectivity index (χ2v) is 3.02. The fraction of sp³-hybridized carbons (Fsp3) is 0.0909. The van der Waals surface area contributed by atoms with Gasteiger partial charge in [-0.3, -0.25) is 0 Å². The predicted octanol–water partition coefficient (Wildman–Crippen LogP) is 2.45. The molecule has 1 aliphatic heterocycles. The first-order valence-corrected chi connectivity index (χ1v) is 4.09. The van der Waals surface area contributed by atoms with Gasteiger partial charge in [-0.15, -0.1) is 0 Å². The Bertz CT molecular complexity index is 399. The van der Waals surface area contributed by atoms with Crippen LogP contribution in [0.4, 0.5) is 0 Å². The Kier molecular flexibility index (Phi) is 1.01. The molecule has 1 nitrogen and oxygen atoms in total. The van der Waals surface area contributed by atoms with Crippen molar-refractivity contribution in [2.75, 3.05) is 6.61 Å². The fourth-order valence-electron chi connectivity index (χ4n) is 1.76. The molecule has 0 bridgehead atoms. The molecule has 0 N–H and O–H groups in total. The van der Waals surface area contributed by atoms with Crippen LogP contribution in [0.25, 0.3) is 11.6 Å². The fourth-order valence-corrected chi connectivity index (χ4v) is 1.76. The minimum absolute atomic E-state index is 0.732. The highest BCUT2D eigenvalue weighted by atomic mass is 16.5. The van der Waals surface area contributed by atoms with Crippen molar-refractivity contribution in [1.29, 1.82) is 0 Å². The number of fused-ring (bicyclic) bond motifs is 3. The van der Waals surface area contributed by atoms with E-state index in [1.807, 2.05) is 0 Å². The van der Waals surface area contributed by atoms with E-state index < -0.39 is 0 Å². The van der Waals surface area contributed by atoms with Crippen molar-refractivity contribution >= 4 is 11.6 Å². The highest BCUT2D eigenvalue weighted by Crippen LogP contribution is 2.38. The number of allylic oxidation sites excluding steroid dienone is 1. The number of hydrogen-bond acceptors (Lipinski definition) is 1. The minimum atomic E-state index is 0.732. The molecule has 3 rings (SSSR count). The van der Waals surface area contributed by atoms with Gasteiger partial charge in [0, 0.05) is 5.57 Å². The summed E-state index contributed by atoms with van der Waals surface area (Å²) in [7, 11) is 0. The predicted molar refractivity (Wildman–Crippen MR) is 48.3 cm³/mol. The highest BCUT2D eigenvalue weighted by molar-refractivity contribution is 5.93. The average molecular weight is 156 g/mol. The van der Waals surface area contributed by atoms with Crippen molar-refractivity contribution < 1.29 is 4.74 Å². The molecule has 0 atom stereocenters. The van der Waals surface area contributed by atoms with Crippen LogP contribution in [0.2, 0.25) is 0 Å². The Balaban J connectivity index is 2.29. The first-order chi connectivity index (χ1) is 5.95. The lowest BCUT2D eigenvalue weighted by molar-refractivity contribution is 0.284. The molecule has 0 aromatic heterocycles. The first-order valence-electron chi connectivity index (χ1n) is 4.09. The van der Waals surface area contributed by atoms with Crippen molar-refractivity contribution in [3.8, 4) is 0 Å². The van der Waals surface area contributed by atoms with Crippen LogP contribution in [-0.2, 0) is 4.74 Å². The zero-order valence-corrected chi connectivity index (χ0v) is 6.58. The molecule has 2 aliphatic rings. The zero-order valence-electron chi connectivity index (χ0n) is 6.58. The standard InChI is InChI=1S/C11H8O/c1-2-4-9-8(3-1)7-11-10(9)5-6-12-11/h1-5,7H,6H2. The number of benzene rings is 1. The van der Waals surface area contributed by atoms with Crippen LogP contribution < -0.4 is 0 Å². The van der Waals surface area contributed by atoms with E-state index >= 15 is 0 Å². The molecule has 1 heterocycles. The van der Waals surface area contributed by atoms with Gasteiger partial charge in [-0.2, -0.15) is 0 Å². The molecular formula is C11H8O. The summed E-state index contributed by atoms with van der Waals surface area (Å²) >= 11 is 0. The summed E-state index contributed by atoms with van der Waals surface area (Å²) < 4.78 is 5.43. The number of ether oxygens (including phenoxy) is 1. The van der Waals surface area contributed by atoms with Crippen molar-refractivity contribution in [2.45, 2.75) is 0 Å². The Morgan fingerprint density at radius 3 is 3.08 bits per heavy atom. The Morgan fingerprint density at radius 2 is 2.08 bits per heavy atom. The van der Waals surface area contributed by atoms with Crippen LogP contribution in [0.15, 0.2) is 36.1 Å². The van der Waals surface area contributed by atoms with E-state index in [-0.39, 0.29) is 0 Å². The van der Waals surface area contributed by atoms with Crippen molar-refractivity contribution in [3.05, 3.63) is 47.2 Å². The van der Waals surface area contributed by atoms with Gasteiger partial charge >= 0.3 is 0 Å². The van der Waals surface area contributed by atoms with Gasteiger partial charge in [-0.05, 0) is 23.3 Å². The number of rotatable bonds is 0. The van der Waals surface area contributed by atoms with E-state index in [9.17, 15) is 0 Å². The van der Waals surface area contributed by atoms with Crippen LogP contribution in [0, 0.1) is 0 Å². The van der Waals surface area contributed by atoms with E-state index in [1.54, 1.807) is 0 Å². The molecule has 1 heteroatoms. The maximum Gasteiger partial charge on any atom is 0.128 e. The lowest BCUT2D eigenvalue weighted by Crippen LogP contribution is -1.78. The SMILES string of the molecule is C1=C2OCC=C2c2ccccc21. The molecule has 0 amide bonds. The molecule has 1 aromatic rings. The van der Waals surface area contributed by atoms with Gasteiger partial charge in [-0.25, -0.2) is 0 Å². The summed E-state index contributed by atoms with van der Waals surface area (Å²) in [6.07, 6.45) is 4.24. The largest absolute Gasteiger partial charge is 0.489 e. The smallest absolute Gasteiger partial charge is 0.128 e. The third-order valence-electron chi connectivity index (χ3n) is 2.33. The Morgan fingerprint density at radius 1 is 1.17 bits per heavy atom. The second kappa shape index (κ2) is 2.01. The monoisotopic (exact) mass is 156 g/mol. The van der Waals surface area contributed by atoms with Crippen LogP contribution in [0.3, 0.4) is 0 Å². The molecule has 58 valence electrons. The maximum absolute atomic E-state index is 5.43. The Labute approximate surface area is 71.0 Å². The van der Waals surface area contributed by atoms with Gasteiger partial charge in [0.25, 0.3) is 0 Å². The van der Waals surface area contributed by atoms with Gasteiger partial charge in [0.2, 0.25) is 0 Å². The van der Waals surface area contributed by atoms with E-state index in [1.165, 1.54) is 16.7 Å². The summed E-state index contributed by atoms with van der Waals surface area (Å²) in [5.41, 5.74) is 3.86. The molecule has 0 saturated heterocycles. The van der Waals surface area contributed by atoms with Crippen molar-refractivity contribution in [2.24, 2.45) is 0 Å². The summed E-state index contributed by atoms with van der Waals surface area (Å²) in [6, 6.07) is 8.37. The van der Waals surface area contributed by atoms with Gasteiger partial charge < -0.3 is 4.74 Å².